The van der Waals surface area contributed by atoms with E-state index in [-0.39, 0.29) is 5.41 Å². The minimum absolute atomic E-state index is 0.109. The molecule has 69 heavy (non-hydrogen) atoms. The van der Waals surface area contributed by atoms with E-state index in [9.17, 15) is 0 Å². The first kappa shape index (κ1) is 41.3. The Morgan fingerprint density at radius 3 is 1.84 bits per heavy atom. The Balaban J connectivity index is 0.992. The molecule has 0 radical (unpaired) electrons. The third-order valence-corrected chi connectivity index (χ3v) is 15.6. The summed E-state index contributed by atoms with van der Waals surface area (Å²) in [6.45, 7) is 4.75. The third kappa shape index (κ3) is 6.84. The lowest BCUT2D eigenvalue weighted by molar-refractivity contribution is 0.445. The highest BCUT2D eigenvalue weighted by Crippen LogP contribution is 2.52. The van der Waals surface area contributed by atoms with Gasteiger partial charge in [0.15, 0.2) is 0 Å². The van der Waals surface area contributed by atoms with E-state index in [1.807, 2.05) is 0 Å². The molecule has 332 valence electrons. The molecule has 0 N–H and O–H groups in total. The summed E-state index contributed by atoms with van der Waals surface area (Å²) in [5, 5.41) is 5.23. The van der Waals surface area contributed by atoms with Gasteiger partial charge in [0.25, 0.3) is 0 Å². The van der Waals surface area contributed by atoms with Crippen molar-refractivity contribution in [3.8, 4) is 50.2 Å². The molecule has 0 aliphatic heterocycles. The molecule has 2 heteroatoms. The topological polar surface area (TPSA) is 8.17 Å². The number of benzene rings is 10. The van der Waals surface area contributed by atoms with Crippen molar-refractivity contribution >= 4 is 49.6 Å². The second-order valence-electron chi connectivity index (χ2n) is 19.9. The van der Waals surface area contributed by atoms with Crippen LogP contribution in [0, 0.1) is 0 Å². The molecule has 2 nitrogen and oxygen atoms in total. The van der Waals surface area contributed by atoms with E-state index in [0.29, 0.717) is 5.92 Å². The summed E-state index contributed by atoms with van der Waals surface area (Å²) in [4.78, 5) is 2.53. The maximum atomic E-state index is 2.53. The molecule has 11 aromatic rings. The van der Waals surface area contributed by atoms with Gasteiger partial charge in [-0.2, -0.15) is 0 Å². The van der Waals surface area contributed by atoms with Crippen LogP contribution in [-0.2, 0) is 5.41 Å². The number of nitrogens with zero attached hydrogens (tertiary/aromatic N) is 2. The largest absolute Gasteiger partial charge is 0.309 e. The Bertz CT molecular complexity index is 3730. The summed E-state index contributed by atoms with van der Waals surface area (Å²) in [6.07, 6.45) is 6.45. The molecule has 2 aliphatic carbocycles. The van der Waals surface area contributed by atoms with Crippen molar-refractivity contribution in [1.82, 2.24) is 4.57 Å². The van der Waals surface area contributed by atoms with Gasteiger partial charge in [0.2, 0.25) is 0 Å². The van der Waals surface area contributed by atoms with Gasteiger partial charge in [-0.3, -0.25) is 0 Å². The van der Waals surface area contributed by atoms with Crippen molar-refractivity contribution < 1.29 is 0 Å². The molecule has 0 atom stereocenters. The number of para-hydroxylation sites is 4. The molecule has 2 aliphatic rings. The molecule has 1 heterocycles. The van der Waals surface area contributed by atoms with Crippen LogP contribution < -0.4 is 4.90 Å². The van der Waals surface area contributed by atoms with Crippen LogP contribution >= 0.6 is 0 Å². The van der Waals surface area contributed by atoms with E-state index in [4.69, 9.17) is 0 Å². The number of hydrogen-bond donors (Lipinski definition) is 0. The normalized spacial score (nSPS) is 14.3. The van der Waals surface area contributed by atoms with Gasteiger partial charge in [0.1, 0.15) is 0 Å². The fourth-order valence-corrected chi connectivity index (χ4v) is 12.2. The van der Waals surface area contributed by atoms with Crippen LogP contribution in [0.1, 0.15) is 68.6 Å². The average molecular weight is 887 g/mol. The zero-order valence-corrected chi connectivity index (χ0v) is 39.4. The molecule has 0 saturated heterocycles. The number of rotatable bonds is 8. The van der Waals surface area contributed by atoms with Crippen molar-refractivity contribution in [2.24, 2.45) is 0 Å². The van der Waals surface area contributed by atoms with E-state index in [2.05, 4.69) is 248 Å². The fraction of sp³-hybridized carbons (Fsp3) is 0.134. The monoisotopic (exact) mass is 886 g/mol. The molecule has 0 bridgehead atoms. The highest BCUT2D eigenvalue weighted by Gasteiger charge is 2.35. The highest BCUT2D eigenvalue weighted by atomic mass is 15.1. The predicted octanol–water partition coefficient (Wildman–Crippen LogP) is 18.8. The standard InChI is InChI=1S/C67H54N2/c1-67(2)60-31-13-9-26-54(60)55-41-38-49(43-61(55)67)52-25-10-14-32-62(52)68(64-34-16-12-28-57(64)59-30-18-22-47-21-17-29-53(66(47)59)46-19-5-3-6-20-46)51-39-35-45(36-40-51)48-37-42-58-56-27-11-15-33-63(56)69(65(58)44-48)50-23-7-4-8-24-50/h4,7-18,21-44,46H,3,5-6,19-20H2,1-2H3. The van der Waals surface area contributed by atoms with Gasteiger partial charge in [-0.15, -0.1) is 0 Å². The molecule has 1 saturated carbocycles. The van der Waals surface area contributed by atoms with Crippen LogP contribution in [0.5, 0.6) is 0 Å². The van der Waals surface area contributed by atoms with Gasteiger partial charge >= 0.3 is 0 Å². The summed E-state index contributed by atoms with van der Waals surface area (Å²) < 4.78 is 2.41. The van der Waals surface area contributed by atoms with Crippen molar-refractivity contribution in [3.63, 3.8) is 0 Å². The smallest absolute Gasteiger partial charge is 0.0547 e. The van der Waals surface area contributed by atoms with Crippen LogP contribution in [0.2, 0.25) is 0 Å². The van der Waals surface area contributed by atoms with Gasteiger partial charge in [-0.25, -0.2) is 0 Å². The lowest BCUT2D eigenvalue weighted by Gasteiger charge is -2.31. The first-order valence-electron chi connectivity index (χ1n) is 25.0. The van der Waals surface area contributed by atoms with Gasteiger partial charge in [-0.05, 0) is 134 Å². The number of fused-ring (bicyclic) bond motifs is 7. The van der Waals surface area contributed by atoms with E-state index < -0.39 is 0 Å². The van der Waals surface area contributed by atoms with Crippen molar-refractivity contribution in [1.29, 1.82) is 0 Å². The summed E-state index contributed by atoms with van der Waals surface area (Å²) in [5.74, 6) is 0.573. The highest BCUT2D eigenvalue weighted by molar-refractivity contribution is 6.10. The Kier molecular flexibility index (Phi) is 9.98. The van der Waals surface area contributed by atoms with Crippen LogP contribution in [0.15, 0.2) is 224 Å². The Morgan fingerprint density at radius 1 is 0.420 bits per heavy atom. The SMILES string of the molecule is CC1(C)c2ccccc2-c2ccc(-c3ccccc3N(c3ccc(-c4ccc5c6ccccc6n(-c6ccccc6)c5c4)cc3)c3ccccc3-c3cccc4cccc(C5CCCCC5)c34)cc21. The summed E-state index contributed by atoms with van der Waals surface area (Å²) >= 11 is 0. The minimum Gasteiger partial charge on any atom is -0.309 e. The molecule has 10 aromatic carbocycles. The molecular formula is C67H54N2. The van der Waals surface area contributed by atoms with Gasteiger partial charge in [0.05, 0.1) is 22.4 Å². The Hall–Kier alpha value is -7.94. The van der Waals surface area contributed by atoms with E-state index in [0.717, 1.165) is 22.7 Å². The van der Waals surface area contributed by atoms with Gasteiger partial charge < -0.3 is 9.47 Å². The lowest BCUT2D eigenvalue weighted by Crippen LogP contribution is -2.15. The zero-order valence-electron chi connectivity index (χ0n) is 39.4. The second-order valence-corrected chi connectivity index (χ2v) is 19.9. The van der Waals surface area contributed by atoms with Crippen molar-refractivity contribution in [2.75, 3.05) is 4.90 Å². The quantitative estimate of drug-likeness (QED) is 0.148. The zero-order chi connectivity index (χ0) is 46.1. The van der Waals surface area contributed by atoms with Crippen LogP contribution in [0.4, 0.5) is 17.1 Å². The lowest BCUT2D eigenvalue weighted by atomic mass is 9.80. The first-order valence-corrected chi connectivity index (χ1v) is 25.0. The van der Waals surface area contributed by atoms with Crippen LogP contribution in [-0.4, -0.2) is 4.57 Å². The molecule has 13 rings (SSSR count). The van der Waals surface area contributed by atoms with E-state index in [1.54, 1.807) is 0 Å². The Labute approximate surface area is 405 Å². The maximum absolute atomic E-state index is 2.53. The summed E-state index contributed by atoms with van der Waals surface area (Å²) in [5.41, 5.74) is 21.2. The third-order valence-electron chi connectivity index (χ3n) is 15.6. The number of hydrogen-bond acceptors (Lipinski definition) is 1. The molecule has 0 amide bonds. The predicted molar refractivity (Wildman–Crippen MR) is 293 cm³/mol. The number of aromatic nitrogens is 1. The maximum Gasteiger partial charge on any atom is 0.0547 e. The molecule has 0 unspecified atom stereocenters. The minimum atomic E-state index is -0.109. The van der Waals surface area contributed by atoms with E-state index >= 15 is 0 Å². The summed E-state index contributed by atoms with van der Waals surface area (Å²) in [7, 11) is 0. The molecule has 0 spiro atoms. The van der Waals surface area contributed by atoms with Crippen molar-refractivity contribution in [2.45, 2.75) is 57.3 Å². The summed E-state index contributed by atoms with van der Waals surface area (Å²) in [6, 6.07) is 84.0. The van der Waals surface area contributed by atoms with Gasteiger partial charge in [0, 0.05) is 38.7 Å². The first-order chi connectivity index (χ1) is 34.0. The second kappa shape index (κ2) is 16.7. The van der Waals surface area contributed by atoms with Gasteiger partial charge in [-0.1, -0.05) is 203 Å². The molecule has 1 fully saturated rings. The Morgan fingerprint density at radius 2 is 1.03 bits per heavy atom. The average Bonchev–Trinajstić information content (AvgIpc) is 3.86. The fourth-order valence-electron chi connectivity index (χ4n) is 12.2. The van der Waals surface area contributed by atoms with E-state index in [1.165, 1.54) is 126 Å². The molecular weight excluding hydrogens is 833 g/mol. The van der Waals surface area contributed by atoms with Crippen LogP contribution in [0.3, 0.4) is 0 Å². The number of anilines is 3. The van der Waals surface area contributed by atoms with Crippen molar-refractivity contribution in [3.05, 3.63) is 241 Å². The van der Waals surface area contributed by atoms with Crippen LogP contribution in [0.25, 0.3) is 82.8 Å². The molecule has 1 aromatic heterocycles.